The van der Waals surface area contributed by atoms with Crippen molar-refractivity contribution >= 4 is 39.9 Å². The number of nitrogens with one attached hydrogen (secondary N) is 1. The second-order valence-corrected chi connectivity index (χ2v) is 5.65. The lowest BCUT2D eigenvalue weighted by Gasteiger charge is -2.11. The summed E-state index contributed by atoms with van der Waals surface area (Å²) in [6.07, 6.45) is -0.0985. The molecule has 3 heterocycles. The van der Waals surface area contributed by atoms with Gasteiger partial charge in [0.15, 0.2) is 11.5 Å². The molecule has 0 saturated carbocycles. The predicted molar refractivity (Wildman–Crippen MR) is 88.0 cm³/mol. The first-order chi connectivity index (χ1) is 11.9. The summed E-state index contributed by atoms with van der Waals surface area (Å²) in [4.78, 5) is 12.6. The van der Waals surface area contributed by atoms with Crippen LogP contribution >= 0.6 is 11.6 Å². The van der Waals surface area contributed by atoms with E-state index < -0.39 is 11.7 Å². The molecule has 0 aliphatic heterocycles. The molecule has 5 nitrogen and oxygen atoms in total. The fourth-order valence-corrected chi connectivity index (χ4v) is 2.80. The highest BCUT2D eigenvalue weighted by molar-refractivity contribution is 6.35. The first-order valence-corrected chi connectivity index (χ1v) is 7.53. The van der Waals surface area contributed by atoms with E-state index >= 15 is 0 Å². The van der Waals surface area contributed by atoms with Crippen LogP contribution in [0.1, 0.15) is 5.56 Å². The highest BCUT2D eigenvalue weighted by Crippen LogP contribution is 2.31. The van der Waals surface area contributed by atoms with Gasteiger partial charge in [-0.2, -0.15) is 13.2 Å². The monoisotopic (exact) mass is 363 g/mol. The summed E-state index contributed by atoms with van der Waals surface area (Å²) >= 11 is 6.23. The zero-order valence-corrected chi connectivity index (χ0v) is 13.2. The number of pyridine rings is 1. The second kappa shape index (κ2) is 5.59. The Balaban J connectivity index is 1.86. The van der Waals surface area contributed by atoms with Crippen molar-refractivity contribution in [2.45, 2.75) is 6.18 Å². The Labute approximate surface area is 144 Å². The number of para-hydroxylation sites is 1. The Morgan fingerprint density at radius 3 is 2.72 bits per heavy atom. The maximum absolute atomic E-state index is 12.9. The topological polar surface area (TPSA) is 55.1 Å². The number of imidazole rings is 1. The largest absolute Gasteiger partial charge is 0.416 e. The van der Waals surface area contributed by atoms with E-state index in [9.17, 15) is 13.2 Å². The van der Waals surface area contributed by atoms with Gasteiger partial charge in [0.1, 0.15) is 5.82 Å². The molecule has 0 bridgehead atoms. The van der Waals surface area contributed by atoms with Crippen molar-refractivity contribution in [3.8, 4) is 0 Å². The van der Waals surface area contributed by atoms with E-state index in [0.717, 1.165) is 18.3 Å². The fraction of sp³-hybridized carbons (Fsp3) is 0.0625. The van der Waals surface area contributed by atoms with Crippen molar-refractivity contribution in [1.82, 2.24) is 19.4 Å². The van der Waals surface area contributed by atoms with Gasteiger partial charge < -0.3 is 5.32 Å². The minimum atomic E-state index is -4.45. The Hall–Kier alpha value is -2.87. The van der Waals surface area contributed by atoms with Crippen molar-refractivity contribution in [1.29, 1.82) is 0 Å². The van der Waals surface area contributed by atoms with Crippen molar-refractivity contribution in [2.24, 2.45) is 0 Å². The Kier molecular flexibility index (Phi) is 3.50. The molecule has 4 rings (SSSR count). The number of rotatable bonds is 2. The van der Waals surface area contributed by atoms with E-state index in [0.29, 0.717) is 21.7 Å². The molecule has 0 unspecified atom stereocenters. The molecular formula is C16H9ClF3N5. The van der Waals surface area contributed by atoms with Gasteiger partial charge in [-0.3, -0.25) is 4.40 Å². The maximum Gasteiger partial charge on any atom is 0.416 e. The van der Waals surface area contributed by atoms with Crippen LogP contribution in [0.4, 0.5) is 24.8 Å². The predicted octanol–water partition coefficient (Wildman–Crippen LogP) is 4.69. The first kappa shape index (κ1) is 15.6. The number of nitrogens with zero attached hydrogens (tertiary/aromatic N) is 4. The average molecular weight is 364 g/mol. The zero-order valence-electron chi connectivity index (χ0n) is 12.4. The summed E-state index contributed by atoms with van der Waals surface area (Å²) < 4.78 is 40.3. The molecule has 0 fully saturated rings. The molecular weight excluding hydrogens is 355 g/mol. The van der Waals surface area contributed by atoms with Gasteiger partial charge in [-0.05, 0) is 24.3 Å². The lowest BCUT2D eigenvalue weighted by Crippen LogP contribution is -2.07. The third kappa shape index (κ3) is 2.74. The van der Waals surface area contributed by atoms with Crippen LogP contribution < -0.4 is 5.32 Å². The molecule has 0 amide bonds. The van der Waals surface area contributed by atoms with Crippen molar-refractivity contribution in [3.63, 3.8) is 0 Å². The molecule has 4 aromatic rings. The molecule has 1 aromatic carbocycles. The lowest BCUT2D eigenvalue weighted by molar-refractivity contribution is -0.137. The lowest BCUT2D eigenvalue weighted by atomic mass is 10.2. The molecule has 0 radical (unpaired) electrons. The molecule has 0 aliphatic rings. The fourth-order valence-electron chi connectivity index (χ4n) is 2.54. The number of anilines is 2. The minimum absolute atomic E-state index is 0.0219. The summed E-state index contributed by atoms with van der Waals surface area (Å²) in [6, 6.07) is 7.05. The second-order valence-electron chi connectivity index (χ2n) is 5.24. The molecule has 0 saturated heterocycles. The van der Waals surface area contributed by atoms with Crippen LogP contribution in [0.25, 0.3) is 16.7 Å². The molecule has 3 aromatic heterocycles. The van der Waals surface area contributed by atoms with E-state index in [1.807, 2.05) is 0 Å². The van der Waals surface area contributed by atoms with Gasteiger partial charge in [0, 0.05) is 18.6 Å². The third-order valence-electron chi connectivity index (χ3n) is 3.62. The molecule has 25 heavy (non-hydrogen) atoms. The minimum Gasteiger partial charge on any atom is -0.322 e. The van der Waals surface area contributed by atoms with Gasteiger partial charge in [0.2, 0.25) is 0 Å². The highest BCUT2D eigenvalue weighted by Gasteiger charge is 2.30. The Morgan fingerprint density at radius 2 is 1.92 bits per heavy atom. The number of hydrogen-bond donors (Lipinski definition) is 1. The SMILES string of the molecule is FC(F)(F)c1ccnc(Nc2nc3cccc(Cl)c3n3ccnc23)c1. The molecule has 0 aliphatic carbocycles. The average Bonchev–Trinajstić information content (AvgIpc) is 3.04. The van der Waals surface area contributed by atoms with Crippen LogP contribution in [0.15, 0.2) is 48.9 Å². The quantitative estimate of drug-likeness (QED) is 0.561. The van der Waals surface area contributed by atoms with Gasteiger partial charge >= 0.3 is 6.18 Å². The van der Waals surface area contributed by atoms with Crippen LogP contribution in [-0.2, 0) is 6.18 Å². The van der Waals surface area contributed by atoms with Gasteiger partial charge in [0.25, 0.3) is 0 Å². The number of alkyl halides is 3. The number of hydrogen-bond acceptors (Lipinski definition) is 4. The summed E-state index contributed by atoms with van der Waals surface area (Å²) in [7, 11) is 0. The van der Waals surface area contributed by atoms with E-state index in [4.69, 9.17) is 11.6 Å². The summed E-state index contributed by atoms with van der Waals surface area (Å²) in [6.45, 7) is 0. The van der Waals surface area contributed by atoms with Crippen LogP contribution in [0.3, 0.4) is 0 Å². The van der Waals surface area contributed by atoms with Crippen molar-refractivity contribution < 1.29 is 13.2 Å². The van der Waals surface area contributed by atoms with E-state index in [1.54, 1.807) is 35.0 Å². The van der Waals surface area contributed by atoms with E-state index in [1.165, 1.54) is 0 Å². The number of fused-ring (bicyclic) bond motifs is 3. The van der Waals surface area contributed by atoms with Gasteiger partial charge in [-0.15, -0.1) is 0 Å². The standard InChI is InChI=1S/C16H9ClF3N5/c17-10-2-1-3-11-13(10)25-7-6-22-15(25)14(23-11)24-12-8-9(4-5-21-12)16(18,19)20/h1-8H,(H,21,23,24). The van der Waals surface area contributed by atoms with Gasteiger partial charge in [-0.1, -0.05) is 17.7 Å². The van der Waals surface area contributed by atoms with Crippen molar-refractivity contribution in [2.75, 3.05) is 5.32 Å². The smallest absolute Gasteiger partial charge is 0.322 e. The molecule has 0 atom stereocenters. The van der Waals surface area contributed by atoms with Crippen LogP contribution in [0.5, 0.6) is 0 Å². The summed E-state index contributed by atoms with van der Waals surface area (Å²) in [5, 5.41) is 3.31. The molecule has 9 heteroatoms. The number of aromatic nitrogens is 4. The molecule has 1 N–H and O–H groups in total. The third-order valence-corrected chi connectivity index (χ3v) is 3.93. The maximum atomic E-state index is 12.9. The van der Waals surface area contributed by atoms with Crippen LogP contribution in [0.2, 0.25) is 5.02 Å². The summed E-state index contributed by atoms with van der Waals surface area (Å²) in [5.41, 5.74) is 0.875. The van der Waals surface area contributed by atoms with Crippen LogP contribution in [-0.4, -0.2) is 19.4 Å². The van der Waals surface area contributed by atoms with Gasteiger partial charge in [-0.25, -0.2) is 15.0 Å². The first-order valence-electron chi connectivity index (χ1n) is 7.15. The Morgan fingerprint density at radius 1 is 1.08 bits per heavy atom. The number of halogens is 4. The van der Waals surface area contributed by atoms with E-state index in [2.05, 4.69) is 20.3 Å². The Bertz CT molecular complexity index is 1090. The van der Waals surface area contributed by atoms with Gasteiger partial charge in [0.05, 0.1) is 21.6 Å². The molecule has 126 valence electrons. The zero-order chi connectivity index (χ0) is 17.6. The normalized spacial score (nSPS) is 12.0. The van der Waals surface area contributed by atoms with Crippen molar-refractivity contribution in [3.05, 3.63) is 59.5 Å². The van der Waals surface area contributed by atoms with Crippen LogP contribution in [0, 0.1) is 0 Å². The number of benzene rings is 1. The molecule has 0 spiro atoms. The summed E-state index contributed by atoms with van der Waals surface area (Å²) in [5.74, 6) is 0.306. The van der Waals surface area contributed by atoms with E-state index in [-0.39, 0.29) is 11.6 Å². The highest BCUT2D eigenvalue weighted by atomic mass is 35.5.